The van der Waals surface area contributed by atoms with Gasteiger partial charge in [-0.1, -0.05) is 15.9 Å². The van der Waals surface area contributed by atoms with E-state index in [-0.39, 0.29) is 11.3 Å². The number of halogens is 1. The van der Waals surface area contributed by atoms with E-state index >= 15 is 0 Å². The Morgan fingerprint density at radius 1 is 1.55 bits per heavy atom. The summed E-state index contributed by atoms with van der Waals surface area (Å²) in [6.07, 6.45) is 2.56. The van der Waals surface area contributed by atoms with E-state index in [9.17, 15) is 4.79 Å². The predicted octanol–water partition coefficient (Wildman–Crippen LogP) is 1.35. The van der Waals surface area contributed by atoms with Crippen molar-refractivity contribution < 1.29 is 14.3 Å². The Labute approximate surface area is 75.2 Å². The first kappa shape index (κ1) is 10.9. The Balaban J connectivity index is 0.000000183. The quantitative estimate of drug-likeness (QED) is 0.499. The van der Waals surface area contributed by atoms with Crippen molar-refractivity contribution in [2.24, 2.45) is 0 Å². The predicted molar refractivity (Wildman–Crippen MR) is 45.9 cm³/mol. The zero-order valence-electron chi connectivity index (χ0n) is 6.64. The molecule has 1 saturated heterocycles. The molecule has 4 heteroatoms. The van der Waals surface area contributed by atoms with E-state index in [0.29, 0.717) is 0 Å². The second-order valence-electron chi connectivity index (χ2n) is 2.03. The first-order chi connectivity index (χ1) is 5.31. The molecule has 1 aliphatic rings. The number of ether oxygens (including phenoxy) is 2. The molecule has 0 aromatic carbocycles. The maximum atomic E-state index is 9.91. The lowest BCUT2D eigenvalue weighted by Crippen LogP contribution is -1.99. The van der Waals surface area contributed by atoms with E-state index in [0.717, 1.165) is 13.2 Å². The van der Waals surface area contributed by atoms with Gasteiger partial charge in [0.1, 0.15) is 5.33 Å². The normalized spacial score (nSPS) is 15.1. The molecule has 1 heterocycles. The van der Waals surface area contributed by atoms with Crippen molar-refractivity contribution in [3.63, 3.8) is 0 Å². The molecule has 0 N–H and O–H groups in total. The molecule has 0 amide bonds. The van der Waals surface area contributed by atoms with Crippen molar-refractivity contribution in [2.75, 3.05) is 25.7 Å². The summed E-state index contributed by atoms with van der Waals surface area (Å²) >= 11 is 2.90. The fraction of sp³-hybridized carbons (Fsp3) is 0.857. The molecule has 0 radical (unpaired) electrons. The standard InChI is InChI=1S/C4H8O.C3H5BrO2/c1-2-4-5-3-1;1-6-3(5)2-4/h1-4H2;2H2,1H3. The van der Waals surface area contributed by atoms with Crippen LogP contribution in [0.3, 0.4) is 0 Å². The zero-order valence-corrected chi connectivity index (χ0v) is 8.22. The summed E-state index contributed by atoms with van der Waals surface area (Å²) in [5.74, 6) is -0.241. The monoisotopic (exact) mass is 224 g/mol. The van der Waals surface area contributed by atoms with Gasteiger partial charge in [0.25, 0.3) is 0 Å². The van der Waals surface area contributed by atoms with Crippen LogP contribution in [0.1, 0.15) is 12.8 Å². The lowest BCUT2D eigenvalue weighted by atomic mass is 10.4. The molecule has 1 aliphatic heterocycles. The molecule has 0 aromatic heterocycles. The Morgan fingerprint density at radius 3 is 2.18 bits per heavy atom. The van der Waals surface area contributed by atoms with Gasteiger partial charge >= 0.3 is 5.97 Å². The fourth-order valence-electron chi connectivity index (χ4n) is 0.565. The minimum Gasteiger partial charge on any atom is -0.468 e. The average molecular weight is 225 g/mol. The molecule has 0 saturated carbocycles. The third-order valence-corrected chi connectivity index (χ3v) is 1.62. The number of esters is 1. The first-order valence-electron chi connectivity index (χ1n) is 3.51. The highest BCUT2D eigenvalue weighted by atomic mass is 79.9. The van der Waals surface area contributed by atoms with Crippen LogP contribution in [0.15, 0.2) is 0 Å². The van der Waals surface area contributed by atoms with Crippen LogP contribution in [-0.2, 0) is 14.3 Å². The minimum atomic E-state index is -0.241. The van der Waals surface area contributed by atoms with Crippen molar-refractivity contribution >= 4 is 21.9 Å². The van der Waals surface area contributed by atoms with Crippen LogP contribution in [0.5, 0.6) is 0 Å². The van der Waals surface area contributed by atoms with Crippen LogP contribution in [0.25, 0.3) is 0 Å². The van der Waals surface area contributed by atoms with Crippen LogP contribution >= 0.6 is 15.9 Å². The Kier molecular flexibility index (Phi) is 7.95. The van der Waals surface area contributed by atoms with Gasteiger partial charge in [0.2, 0.25) is 0 Å². The highest BCUT2D eigenvalue weighted by Gasteiger charge is 1.94. The van der Waals surface area contributed by atoms with Crippen LogP contribution in [0.4, 0.5) is 0 Å². The van der Waals surface area contributed by atoms with Gasteiger partial charge in [-0.3, -0.25) is 4.79 Å². The smallest absolute Gasteiger partial charge is 0.316 e. The van der Waals surface area contributed by atoms with E-state index in [2.05, 4.69) is 20.7 Å². The summed E-state index contributed by atoms with van der Waals surface area (Å²) in [5.41, 5.74) is 0. The van der Waals surface area contributed by atoms with Crippen molar-refractivity contribution in [1.82, 2.24) is 0 Å². The van der Waals surface area contributed by atoms with Crippen LogP contribution in [-0.4, -0.2) is 31.6 Å². The summed E-state index contributed by atoms with van der Waals surface area (Å²) in [6.45, 7) is 2.00. The molecule has 0 spiro atoms. The summed E-state index contributed by atoms with van der Waals surface area (Å²) in [5, 5.41) is 0.281. The van der Waals surface area contributed by atoms with Gasteiger partial charge in [-0.2, -0.15) is 0 Å². The topological polar surface area (TPSA) is 35.5 Å². The van der Waals surface area contributed by atoms with Crippen molar-refractivity contribution in [3.05, 3.63) is 0 Å². The average Bonchev–Trinajstić information content (AvgIpc) is 2.60. The van der Waals surface area contributed by atoms with Gasteiger partial charge in [-0.05, 0) is 12.8 Å². The molecule has 1 rings (SSSR count). The molecule has 11 heavy (non-hydrogen) atoms. The van der Waals surface area contributed by atoms with Gasteiger partial charge in [0.15, 0.2) is 0 Å². The third-order valence-electron chi connectivity index (χ3n) is 1.16. The van der Waals surface area contributed by atoms with Gasteiger partial charge < -0.3 is 9.47 Å². The second-order valence-corrected chi connectivity index (χ2v) is 2.59. The van der Waals surface area contributed by atoms with Crippen LogP contribution < -0.4 is 0 Å². The molecule has 0 aromatic rings. The molecule has 0 unspecified atom stereocenters. The SMILES string of the molecule is C1CCOC1.COC(=O)CBr. The second kappa shape index (κ2) is 8.01. The number of hydrogen-bond acceptors (Lipinski definition) is 3. The van der Waals surface area contributed by atoms with Gasteiger partial charge in [0, 0.05) is 13.2 Å². The number of hydrogen-bond donors (Lipinski definition) is 0. The van der Waals surface area contributed by atoms with Crippen molar-refractivity contribution in [3.8, 4) is 0 Å². The lowest BCUT2D eigenvalue weighted by Gasteiger charge is -1.86. The Bertz CT molecular complexity index is 88.2. The summed E-state index contributed by atoms with van der Waals surface area (Å²) in [4.78, 5) is 9.91. The van der Waals surface area contributed by atoms with Gasteiger partial charge in [-0.25, -0.2) is 0 Å². The number of alkyl halides is 1. The minimum absolute atomic E-state index is 0.241. The van der Waals surface area contributed by atoms with Crippen molar-refractivity contribution in [1.29, 1.82) is 0 Å². The fourth-order valence-corrected chi connectivity index (χ4v) is 0.794. The molecular weight excluding hydrogens is 212 g/mol. The van der Waals surface area contributed by atoms with E-state index in [1.807, 2.05) is 0 Å². The molecule has 3 nitrogen and oxygen atoms in total. The maximum absolute atomic E-state index is 9.91. The number of carbonyl (C=O) groups excluding carboxylic acids is 1. The largest absolute Gasteiger partial charge is 0.468 e. The van der Waals surface area contributed by atoms with E-state index in [4.69, 9.17) is 4.74 Å². The highest BCUT2D eigenvalue weighted by Crippen LogP contribution is 1.98. The third kappa shape index (κ3) is 7.81. The first-order valence-corrected chi connectivity index (χ1v) is 4.64. The molecule has 0 bridgehead atoms. The number of methoxy groups -OCH3 is 1. The summed E-state index contributed by atoms with van der Waals surface area (Å²) in [7, 11) is 1.35. The van der Waals surface area contributed by atoms with Gasteiger partial charge in [-0.15, -0.1) is 0 Å². The zero-order chi connectivity index (χ0) is 8.53. The molecule has 0 aliphatic carbocycles. The molecule has 66 valence electrons. The summed E-state index contributed by atoms with van der Waals surface area (Å²) in [6, 6.07) is 0. The highest BCUT2D eigenvalue weighted by molar-refractivity contribution is 9.09. The van der Waals surface area contributed by atoms with Crippen LogP contribution in [0, 0.1) is 0 Å². The van der Waals surface area contributed by atoms with E-state index < -0.39 is 0 Å². The molecular formula is C7H13BrO3. The van der Waals surface area contributed by atoms with Gasteiger partial charge in [0.05, 0.1) is 7.11 Å². The molecule has 1 fully saturated rings. The Morgan fingerprint density at radius 2 is 2.09 bits per heavy atom. The summed E-state index contributed by atoms with van der Waals surface area (Å²) < 4.78 is 9.16. The number of rotatable bonds is 1. The maximum Gasteiger partial charge on any atom is 0.316 e. The van der Waals surface area contributed by atoms with E-state index in [1.165, 1.54) is 20.0 Å². The Hall–Kier alpha value is -0.0900. The van der Waals surface area contributed by atoms with E-state index in [1.54, 1.807) is 0 Å². The number of carbonyl (C=O) groups is 1. The van der Waals surface area contributed by atoms with Crippen molar-refractivity contribution in [2.45, 2.75) is 12.8 Å². The van der Waals surface area contributed by atoms with Crippen LogP contribution in [0.2, 0.25) is 0 Å². The molecule has 0 atom stereocenters. The lowest BCUT2D eigenvalue weighted by molar-refractivity contribution is -0.137.